The lowest BCUT2D eigenvalue weighted by atomic mass is 10.1. The Morgan fingerprint density at radius 2 is 2.00 bits per heavy atom. The minimum atomic E-state index is -4.34. The van der Waals surface area contributed by atoms with Crippen molar-refractivity contribution in [3.8, 4) is 0 Å². The maximum absolute atomic E-state index is 12.4. The van der Waals surface area contributed by atoms with Crippen molar-refractivity contribution in [3.05, 3.63) is 35.4 Å². The smallest absolute Gasteiger partial charge is 0.337 e. The van der Waals surface area contributed by atoms with Gasteiger partial charge in [-0.25, -0.2) is 0 Å². The summed E-state index contributed by atoms with van der Waals surface area (Å²) in [7, 11) is 0. The quantitative estimate of drug-likeness (QED) is 0.902. The van der Waals surface area contributed by atoms with Crippen molar-refractivity contribution in [2.75, 3.05) is 19.6 Å². The highest BCUT2D eigenvalue weighted by Crippen LogP contribution is 2.29. The number of benzene rings is 1. The average molecular weight is 286 g/mol. The predicted molar refractivity (Wildman–Crippen MR) is 69.2 cm³/mol. The molecule has 0 bridgehead atoms. The highest BCUT2D eigenvalue weighted by molar-refractivity contribution is 5.79. The number of nitrogens with one attached hydrogen (secondary N) is 1. The zero-order chi connectivity index (χ0) is 14.8. The van der Waals surface area contributed by atoms with Crippen LogP contribution in [0.3, 0.4) is 0 Å². The Bertz CT molecular complexity index is 470. The molecule has 1 heterocycles. The normalized spacial score (nSPS) is 20.0. The molecule has 0 aliphatic carbocycles. The molecule has 0 radical (unpaired) electrons. The molecule has 1 unspecified atom stereocenters. The maximum Gasteiger partial charge on any atom is 0.416 e. The van der Waals surface area contributed by atoms with Crippen molar-refractivity contribution < 1.29 is 18.0 Å². The fraction of sp³-hybridized carbons (Fsp3) is 0.500. The first-order valence-electron chi connectivity index (χ1n) is 6.54. The molecule has 1 aromatic rings. The highest BCUT2D eigenvalue weighted by atomic mass is 19.4. The Balaban J connectivity index is 2.01. The van der Waals surface area contributed by atoms with Crippen molar-refractivity contribution >= 4 is 5.91 Å². The van der Waals surface area contributed by atoms with E-state index in [1.54, 1.807) is 4.90 Å². The Kier molecular flexibility index (Phi) is 4.32. The Morgan fingerprint density at radius 3 is 2.55 bits per heavy atom. The number of rotatable bonds is 2. The van der Waals surface area contributed by atoms with Crippen LogP contribution in [0.5, 0.6) is 0 Å². The van der Waals surface area contributed by atoms with Crippen LogP contribution in [0.2, 0.25) is 0 Å². The van der Waals surface area contributed by atoms with Crippen molar-refractivity contribution in [2.24, 2.45) is 0 Å². The highest BCUT2D eigenvalue weighted by Gasteiger charge is 2.30. The van der Waals surface area contributed by atoms with Crippen LogP contribution in [-0.4, -0.2) is 36.5 Å². The summed E-state index contributed by atoms with van der Waals surface area (Å²) in [6.07, 6.45) is -4.20. The average Bonchev–Trinajstić information content (AvgIpc) is 2.38. The first-order valence-corrected chi connectivity index (χ1v) is 6.54. The van der Waals surface area contributed by atoms with Crippen molar-refractivity contribution in [3.63, 3.8) is 0 Å². The number of halogens is 3. The van der Waals surface area contributed by atoms with E-state index in [1.807, 2.05) is 6.92 Å². The fourth-order valence-electron chi connectivity index (χ4n) is 2.30. The van der Waals surface area contributed by atoms with Gasteiger partial charge in [-0.1, -0.05) is 12.1 Å². The van der Waals surface area contributed by atoms with Gasteiger partial charge in [-0.15, -0.1) is 0 Å². The minimum Gasteiger partial charge on any atom is -0.337 e. The number of carbonyl (C=O) groups excluding carboxylic acids is 1. The summed E-state index contributed by atoms with van der Waals surface area (Å²) in [5.41, 5.74) is -0.0852. The monoisotopic (exact) mass is 286 g/mol. The molecule has 1 fully saturated rings. The summed E-state index contributed by atoms with van der Waals surface area (Å²) in [5.74, 6) is -0.0428. The molecule has 1 atom stereocenters. The van der Waals surface area contributed by atoms with E-state index in [9.17, 15) is 18.0 Å². The number of hydrogen-bond acceptors (Lipinski definition) is 2. The van der Waals surface area contributed by atoms with Crippen molar-refractivity contribution in [1.82, 2.24) is 10.2 Å². The molecule has 1 saturated heterocycles. The van der Waals surface area contributed by atoms with Crippen LogP contribution in [-0.2, 0) is 17.4 Å². The van der Waals surface area contributed by atoms with Gasteiger partial charge in [0.05, 0.1) is 12.0 Å². The Morgan fingerprint density at radius 1 is 1.35 bits per heavy atom. The van der Waals surface area contributed by atoms with Gasteiger partial charge in [-0.05, 0) is 24.6 Å². The molecule has 2 rings (SSSR count). The van der Waals surface area contributed by atoms with Crippen LogP contribution in [0.25, 0.3) is 0 Å². The number of hydrogen-bond donors (Lipinski definition) is 1. The van der Waals surface area contributed by atoms with Gasteiger partial charge in [0, 0.05) is 25.7 Å². The van der Waals surface area contributed by atoms with Crippen LogP contribution in [0, 0.1) is 0 Å². The van der Waals surface area contributed by atoms with Crippen LogP contribution in [0.1, 0.15) is 18.1 Å². The van der Waals surface area contributed by atoms with E-state index < -0.39 is 11.7 Å². The van der Waals surface area contributed by atoms with Gasteiger partial charge in [0.15, 0.2) is 0 Å². The zero-order valence-electron chi connectivity index (χ0n) is 11.2. The minimum absolute atomic E-state index is 0.0428. The third-order valence-corrected chi connectivity index (χ3v) is 3.46. The second-order valence-electron chi connectivity index (χ2n) is 5.01. The summed E-state index contributed by atoms with van der Waals surface area (Å²) in [6, 6.07) is 4.89. The van der Waals surface area contributed by atoms with Crippen LogP contribution < -0.4 is 5.32 Å². The van der Waals surface area contributed by atoms with Crippen LogP contribution in [0.15, 0.2) is 24.3 Å². The lowest BCUT2D eigenvalue weighted by Gasteiger charge is -2.34. The first kappa shape index (κ1) is 14.8. The number of nitrogens with zero attached hydrogens (tertiary/aromatic N) is 1. The SMILES string of the molecule is CC1CNCCN1C(=O)Cc1ccc(C(F)(F)F)cc1. The van der Waals surface area contributed by atoms with E-state index in [1.165, 1.54) is 12.1 Å². The lowest BCUT2D eigenvalue weighted by Crippen LogP contribution is -2.52. The molecule has 110 valence electrons. The molecule has 0 aromatic heterocycles. The van der Waals surface area contributed by atoms with E-state index in [4.69, 9.17) is 0 Å². The fourth-order valence-corrected chi connectivity index (χ4v) is 2.30. The molecule has 1 amide bonds. The molecule has 1 N–H and O–H groups in total. The topological polar surface area (TPSA) is 32.3 Å². The summed E-state index contributed by atoms with van der Waals surface area (Å²) in [5, 5.41) is 3.19. The predicted octanol–water partition coefficient (Wildman–Crippen LogP) is 2.07. The largest absolute Gasteiger partial charge is 0.416 e. The van der Waals surface area contributed by atoms with Crippen LogP contribution in [0.4, 0.5) is 13.2 Å². The van der Waals surface area contributed by atoms with Gasteiger partial charge in [-0.3, -0.25) is 4.79 Å². The molecule has 0 spiro atoms. The van der Waals surface area contributed by atoms with Gasteiger partial charge in [0.25, 0.3) is 0 Å². The first-order chi connectivity index (χ1) is 9.38. The van der Waals surface area contributed by atoms with E-state index in [-0.39, 0.29) is 18.4 Å². The second-order valence-corrected chi connectivity index (χ2v) is 5.01. The molecule has 20 heavy (non-hydrogen) atoms. The number of carbonyl (C=O) groups is 1. The summed E-state index contributed by atoms with van der Waals surface area (Å²) < 4.78 is 37.3. The van der Waals surface area contributed by atoms with Gasteiger partial charge >= 0.3 is 6.18 Å². The van der Waals surface area contributed by atoms with Crippen molar-refractivity contribution in [2.45, 2.75) is 25.6 Å². The second kappa shape index (κ2) is 5.83. The molecule has 0 saturated carbocycles. The maximum atomic E-state index is 12.4. The molecule has 3 nitrogen and oxygen atoms in total. The molecular weight excluding hydrogens is 269 g/mol. The van der Waals surface area contributed by atoms with E-state index in [2.05, 4.69) is 5.32 Å². The summed E-state index contributed by atoms with van der Waals surface area (Å²) in [6.45, 7) is 4.10. The molecule has 1 aromatic carbocycles. The van der Waals surface area contributed by atoms with E-state index in [0.717, 1.165) is 25.2 Å². The van der Waals surface area contributed by atoms with Gasteiger partial charge in [0.2, 0.25) is 5.91 Å². The third-order valence-electron chi connectivity index (χ3n) is 3.46. The Hall–Kier alpha value is -1.56. The number of piperazine rings is 1. The zero-order valence-corrected chi connectivity index (χ0v) is 11.2. The number of alkyl halides is 3. The van der Waals surface area contributed by atoms with E-state index >= 15 is 0 Å². The molecule has 6 heteroatoms. The summed E-state index contributed by atoms with van der Waals surface area (Å²) >= 11 is 0. The standard InChI is InChI=1S/C14H17F3N2O/c1-10-9-18-6-7-19(10)13(20)8-11-2-4-12(5-3-11)14(15,16)17/h2-5,10,18H,6-9H2,1H3. The third kappa shape index (κ3) is 3.50. The van der Waals surface area contributed by atoms with Gasteiger partial charge in [-0.2, -0.15) is 13.2 Å². The Labute approximate surface area is 115 Å². The van der Waals surface area contributed by atoms with Crippen molar-refractivity contribution in [1.29, 1.82) is 0 Å². The lowest BCUT2D eigenvalue weighted by molar-refractivity contribution is -0.137. The van der Waals surface area contributed by atoms with E-state index in [0.29, 0.717) is 12.1 Å². The molecule has 1 aliphatic heterocycles. The molecular formula is C14H17F3N2O. The van der Waals surface area contributed by atoms with Gasteiger partial charge < -0.3 is 10.2 Å². The summed E-state index contributed by atoms with van der Waals surface area (Å²) in [4.78, 5) is 13.9. The van der Waals surface area contributed by atoms with Crippen LogP contribution >= 0.6 is 0 Å². The number of amides is 1. The van der Waals surface area contributed by atoms with Gasteiger partial charge in [0.1, 0.15) is 0 Å². The molecule has 1 aliphatic rings.